The van der Waals surface area contributed by atoms with E-state index in [0.29, 0.717) is 18.7 Å². The van der Waals surface area contributed by atoms with E-state index in [1.165, 1.54) is 0 Å². The summed E-state index contributed by atoms with van der Waals surface area (Å²) in [5.41, 5.74) is 4.16. The number of anilines is 1. The molecule has 114 valence electrons. The highest BCUT2D eigenvalue weighted by Crippen LogP contribution is 2.27. The predicted octanol–water partition coefficient (Wildman–Crippen LogP) is 2.59. The molecule has 0 fully saturated rings. The highest BCUT2D eigenvalue weighted by Gasteiger charge is 2.16. The van der Waals surface area contributed by atoms with Crippen molar-refractivity contribution in [2.75, 3.05) is 18.1 Å². The highest BCUT2D eigenvalue weighted by molar-refractivity contribution is 5.93. The molecular weight excluding hydrogens is 280 g/mol. The molecule has 1 heterocycles. The summed E-state index contributed by atoms with van der Waals surface area (Å²) in [6.07, 6.45) is 0.938. The summed E-state index contributed by atoms with van der Waals surface area (Å²) in [6, 6.07) is 15.4. The molecule has 1 amide bonds. The SMILES string of the molecule is O=C(NO)c1ccc2c(c1)CN(c1ccccc1)CCCO2. The maximum Gasteiger partial charge on any atom is 0.274 e. The Morgan fingerprint density at radius 3 is 2.77 bits per heavy atom. The first-order valence-corrected chi connectivity index (χ1v) is 7.28. The van der Waals surface area contributed by atoms with Gasteiger partial charge in [-0.15, -0.1) is 0 Å². The number of carbonyl (C=O) groups is 1. The number of hydrogen-bond donors (Lipinski definition) is 2. The first kappa shape index (κ1) is 14.4. The van der Waals surface area contributed by atoms with Crippen molar-refractivity contribution in [2.24, 2.45) is 0 Å². The summed E-state index contributed by atoms with van der Waals surface area (Å²) in [6.45, 7) is 2.19. The molecule has 1 aliphatic rings. The minimum atomic E-state index is -0.517. The molecule has 2 aromatic rings. The number of carbonyl (C=O) groups excluding carboxylic acids is 1. The summed E-state index contributed by atoms with van der Waals surface area (Å²) < 4.78 is 5.76. The molecule has 5 nitrogen and oxygen atoms in total. The lowest BCUT2D eigenvalue weighted by atomic mass is 10.1. The predicted molar refractivity (Wildman–Crippen MR) is 83.3 cm³/mol. The number of ether oxygens (including phenoxy) is 1. The molecular formula is C17H18N2O3. The molecule has 0 saturated heterocycles. The number of para-hydroxylation sites is 1. The average molecular weight is 298 g/mol. The molecule has 0 aliphatic carbocycles. The Hall–Kier alpha value is -2.53. The quantitative estimate of drug-likeness (QED) is 0.661. The minimum Gasteiger partial charge on any atom is -0.493 e. The fraction of sp³-hybridized carbons (Fsp3) is 0.235. The Kier molecular flexibility index (Phi) is 4.25. The summed E-state index contributed by atoms with van der Waals surface area (Å²) >= 11 is 0. The third-order valence-corrected chi connectivity index (χ3v) is 3.74. The van der Waals surface area contributed by atoms with Crippen molar-refractivity contribution in [1.82, 2.24) is 5.48 Å². The molecule has 5 heteroatoms. The van der Waals surface area contributed by atoms with E-state index in [-0.39, 0.29) is 0 Å². The third-order valence-electron chi connectivity index (χ3n) is 3.74. The standard InChI is InChI=1S/C17H18N2O3/c20-17(18-21)13-7-8-16-14(11-13)12-19(9-4-10-22-16)15-5-2-1-3-6-15/h1-3,5-8,11,21H,4,9-10,12H2,(H,18,20). The number of nitrogens with zero attached hydrogens (tertiary/aromatic N) is 1. The van der Waals surface area contributed by atoms with Gasteiger partial charge in [-0.05, 0) is 36.8 Å². The normalized spacial score (nSPS) is 14.3. The summed E-state index contributed by atoms with van der Waals surface area (Å²) in [7, 11) is 0. The van der Waals surface area contributed by atoms with Crippen LogP contribution in [0.4, 0.5) is 5.69 Å². The second-order valence-electron chi connectivity index (χ2n) is 5.22. The first-order chi connectivity index (χ1) is 10.8. The Morgan fingerprint density at radius 2 is 2.00 bits per heavy atom. The van der Waals surface area contributed by atoms with Crippen molar-refractivity contribution in [1.29, 1.82) is 0 Å². The second-order valence-corrected chi connectivity index (χ2v) is 5.22. The number of nitrogens with one attached hydrogen (secondary N) is 1. The van der Waals surface area contributed by atoms with E-state index in [0.717, 1.165) is 30.0 Å². The van der Waals surface area contributed by atoms with Gasteiger partial charge >= 0.3 is 0 Å². The van der Waals surface area contributed by atoms with E-state index in [4.69, 9.17) is 9.94 Å². The Morgan fingerprint density at radius 1 is 1.18 bits per heavy atom. The summed E-state index contributed by atoms with van der Waals surface area (Å²) in [4.78, 5) is 13.9. The van der Waals surface area contributed by atoms with Crippen molar-refractivity contribution in [3.05, 3.63) is 59.7 Å². The maximum absolute atomic E-state index is 11.6. The van der Waals surface area contributed by atoms with Crippen LogP contribution in [0.15, 0.2) is 48.5 Å². The molecule has 0 radical (unpaired) electrons. The van der Waals surface area contributed by atoms with Crippen LogP contribution in [0.2, 0.25) is 0 Å². The zero-order chi connectivity index (χ0) is 15.4. The van der Waals surface area contributed by atoms with Gasteiger partial charge in [-0.2, -0.15) is 0 Å². The van der Waals surface area contributed by atoms with Crippen LogP contribution >= 0.6 is 0 Å². The van der Waals surface area contributed by atoms with Crippen LogP contribution in [0, 0.1) is 0 Å². The van der Waals surface area contributed by atoms with Gasteiger partial charge in [0.1, 0.15) is 5.75 Å². The second kappa shape index (κ2) is 6.49. The number of rotatable bonds is 2. The lowest BCUT2D eigenvalue weighted by Crippen LogP contribution is -2.28. The van der Waals surface area contributed by atoms with Crippen LogP contribution in [0.5, 0.6) is 5.75 Å². The van der Waals surface area contributed by atoms with Crippen LogP contribution in [0.1, 0.15) is 22.3 Å². The van der Waals surface area contributed by atoms with Gasteiger partial charge in [0.25, 0.3) is 5.91 Å². The largest absolute Gasteiger partial charge is 0.493 e. The van der Waals surface area contributed by atoms with Gasteiger partial charge in [0.05, 0.1) is 6.61 Å². The fourth-order valence-corrected chi connectivity index (χ4v) is 2.63. The van der Waals surface area contributed by atoms with Gasteiger partial charge in [-0.25, -0.2) is 5.48 Å². The number of amides is 1. The van der Waals surface area contributed by atoms with Crippen LogP contribution in [0.25, 0.3) is 0 Å². The smallest absolute Gasteiger partial charge is 0.274 e. The van der Waals surface area contributed by atoms with Gasteiger partial charge in [-0.1, -0.05) is 18.2 Å². The van der Waals surface area contributed by atoms with E-state index in [1.807, 2.05) is 18.2 Å². The number of benzene rings is 2. The topological polar surface area (TPSA) is 61.8 Å². The molecule has 0 atom stereocenters. The lowest BCUT2D eigenvalue weighted by molar-refractivity contribution is 0.0706. The van der Waals surface area contributed by atoms with E-state index in [2.05, 4.69) is 17.0 Å². The first-order valence-electron chi connectivity index (χ1n) is 7.28. The number of hydroxylamine groups is 1. The molecule has 0 spiro atoms. The van der Waals surface area contributed by atoms with Crippen LogP contribution < -0.4 is 15.1 Å². The summed E-state index contributed by atoms with van der Waals surface area (Å²) in [5, 5.41) is 8.78. The molecule has 0 bridgehead atoms. The van der Waals surface area contributed by atoms with Crippen LogP contribution in [-0.4, -0.2) is 24.3 Å². The Bertz CT molecular complexity index is 658. The number of hydrogen-bond acceptors (Lipinski definition) is 4. The van der Waals surface area contributed by atoms with E-state index >= 15 is 0 Å². The van der Waals surface area contributed by atoms with Gasteiger partial charge in [-0.3, -0.25) is 10.0 Å². The van der Waals surface area contributed by atoms with E-state index in [9.17, 15) is 4.79 Å². The van der Waals surface area contributed by atoms with Gasteiger partial charge in [0.15, 0.2) is 0 Å². The van der Waals surface area contributed by atoms with E-state index < -0.39 is 5.91 Å². The average Bonchev–Trinajstić information content (AvgIpc) is 2.55. The van der Waals surface area contributed by atoms with Crippen LogP contribution in [-0.2, 0) is 6.54 Å². The molecule has 0 saturated carbocycles. The number of fused-ring (bicyclic) bond motifs is 1. The molecule has 3 rings (SSSR count). The lowest BCUT2D eigenvalue weighted by Gasteiger charge is -2.28. The minimum absolute atomic E-state index is 0.415. The summed E-state index contributed by atoms with van der Waals surface area (Å²) in [5.74, 6) is 0.270. The Balaban J connectivity index is 1.93. The van der Waals surface area contributed by atoms with Crippen molar-refractivity contribution >= 4 is 11.6 Å². The maximum atomic E-state index is 11.6. The monoisotopic (exact) mass is 298 g/mol. The van der Waals surface area contributed by atoms with Gasteiger partial charge < -0.3 is 9.64 Å². The molecule has 0 unspecified atom stereocenters. The van der Waals surface area contributed by atoms with Gasteiger partial charge in [0.2, 0.25) is 0 Å². The third kappa shape index (κ3) is 3.04. The van der Waals surface area contributed by atoms with Crippen LogP contribution in [0.3, 0.4) is 0 Å². The fourth-order valence-electron chi connectivity index (χ4n) is 2.63. The molecule has 22 heavy (non-hydrogen) atoms. The van der Waals surface area contributed by atoms with Crippen molar-refractivity contribution < 1.29 is 14.7 Å². The molecule has 1 aliphatic heterocycles. The van der Waals surface area contributed by atoms with Crippen molar-refractivity contribution in [3.8, 4) is 5.75 Å². The molecule has 2 N–H and O–H groups in total. The van der Waals surface area contributed by atoms with E-state index in [1.54, 1.807) is 23.7 Å². The molecule has 2 aromatic carbocycles. The highest BCUT2D eigenvalue weighted by atomic mass is 16.5. The van der Waals surface area contributed by atoms with Gasteiger partial charge in [0, 0.05) is 29.9 Å². The zero-order valence-corrected chi connectivity index (χ0v) is 12.2. The zero-order valence-electron chi connectivity index (χ0n) is 12.2. The van der Waals surface area contributed by atoms with Crippen molar-refractivity contribution in [3.63, 3.8) is 0 Å². The van der Waals surface area contributed by atoms with Crippen molar-refractivity contribution in [2.45, 2.75) is 13.0 Å². The molecule has 0 aromatic heterocycles. The Labute approximate surface area is 129 Å².